The minimum atomic E-state index is -0.685. The van der Waals surface area contributed by atoms with Crippen LogP contribution in [0.1, 0.15) is 16.2 Å². The molecule has 0 radical (unpaired) electrons. The van der Waals surface area contributed by atoms with E-state index in [1.54, 1.807) is 0 Å². The average Bonchev–Trinajstić information content (AvgIpc) is 3.16. The molecule has 0 spiro atoms. The van der Waals surface area contributed by atoms with Crippen molar-refractivity contribution in [2.45, 2.75) is 6.54 Å². The van der Waals surface area contributed by atoms with Crippen molar-refractivity contribution >= 4 is 28.8 Å². The standard InChI is InChI=1S/C14H9ClFN3O2S/c15-8-3-4-9(10(16)6-8)14(20)17-7-12-18-13(19-21-12)11-2-1-5-22-11/h1-6H,7H2,(H,17,20). The molecule has 0 aliphatic carbocycles. The zero-order valence-corrected chi connectivity index (χ0v) is 12.6. The van der Waals surface area contributed by atoms with Crippen molar-refractivity contribution in [1.29, 1.82) is 0 Å². The number of carbonyl (C=O) groups is 1. The molecule has 0 aliphatic rings. The van der Waals surface area contributed by atoms with Gasteiger partial charge in [0.2, 0.25) is 11.7 Å². The Hall–Kier alpha value is -2.25. The molecule has 5 nitrogen and oxygen atoms in total. The molecule has 112 valence electrons. The van der Waals surface area contributed by atoms with Crippen molar-refractivity contribution in [2.24, 2.45) is 0 Å². The summed E-state index contributed by atoms with van der Waals surface area (Å²) in [6, 6.07) is 7.58. The lowest BCUT2D eigenvalue weighted by atomic mass is 10.2. The second-order valence-corrected chi connectivity index (χ2v) is 5.68. The van der Waals surface area contributed by atoms with Crippen LogP contribution in [0.3, 0.4) is 0 Å². The number of benzene rings is 1. The van der Waals surface area contributed by atoms with Crippen LogP contribution in [0, 0.1) is 5.82 Å². The lowest BCUT2D eigenvalue weighted by Crippen LogP contribution is -2.24. The van der Waals surface area contributed by atoms with Crippen LogP contribution in [-0.2, 0) is 6.54 Å². The summed E-state index contributed by atoms with van der Waals surface area (Å²) in [7, 11) is 0. The number of halogens is 2. The Kier molecular flexibility index (Phi) is 4.17. The summed E-state index contributed by atoms with van der Waals surface area (Å²) in [5, 5.41) is 8.47. The van der Waals surface area contributed by atoms with Gasteiger partial charge in [0.05, 0.1) is 17.0 Å². The van der Waals surface area contributed by atoms with Crippen molar-refractivity contribution in [1.82, 2.24) is 15.5 Å². The molecule has 1 N–H and O–H groups in total. The van der Waals surface area contributed by atoms with Crippen LogP contribution in [0.4, 0.5) is 4.39 Å². The van der Waals surface area contributed by atoms with Gasteiger partial charge in [0.25, 0.3) is 5.91 Å². The first-order valence-electron chi connectivity index (χ1n) is 6.23. The summed E-state index contributed by atoms with van der Waals surface area (Å²) in [6.07, 6.45) is 0. The first-order chi connectivity index (χ1) is 10.6. The molecule has 3 rings (SSSR count). The Balaban J connectivity index is 1.66. The maximum atomic E-state index is 13.6. The molecule has 0 fully saturated rings. The lowest BCUT2D eigenvalue weighted by molar-refractivity contribution is 0.0942. The molecule has 22 heavy (non-hydrogen) atoms. The second-order valence-electron chi connectivity index (χ2n) is 4.30. The molecule has 0 atom stereocenters. The van der Waals surface area contributed by atoms with Crippen molar-refractivity contribution in [3.63, 3.8) is 0 Å². The summed E-state index contributed by atoms with van der Waals surface area (Å²) < 4.78 is 18.7. The topological polar surface area (TPSA) is 68.0 Å². The summed E-state index contributed by atoms with van der Waals surface area (Å²) in [5.41, 5.74) is -0.0950. The zero-order valence-electron chi connectivity index (χ0n) is 11.0. The van der Waals surface area contributed by atoms with Gasteiger partial charge in [-0.3, -0.25) is 4.79 Å². The van der Waals surface area contributed by atoms with E-state index in [9.17, 15) is 9.18 Å². The van der Waals surface area contributed by atoms with Crippen molar-refractivity contribution < 1.29 is 13.7 Å². The maximum absolute atomic E-state index is 13.6. The number of amides is 1. The van der Waals surface area contributed by atoms with Crippen LogP contribution >= 0.6 is 22.9 Å². The fourth-order valence-corrected chi connectivity index (χ4v) is 2.57. The number of rotatable bonds is 4. The number of carbonyl (C=O) groups excluding carboxylic acids is 1. The van der Waals surface area contributed by atoms with Gasteiger partial charge < -0.3 is 9.84 Å². The van der Waals surface area contributed by atoms with E-state index in [4.69, 9.17) is 16.1 Å². The number of nitrogens with one attached hydrogen (secondary N) is 1. The molecule has 2 heterocycles. The molecule has 1 amide bonds. The largest absolute Gasteiger partial charge is 0.343 e. The molecule has 0 aliphatic heterocycles. The quantitative estimate of drug-likeness (QED) is 0.791. The van der Waals surface area contributed by atoms with Gasteiger partial charge >= 0.3 is 0 Å². The predicted molar refractivity (Wildman–Crippen MR) is 80.2 cm³/mol. The minimum Gasteiger partial charge on any atom is -0.343 e. The summed E-state index contributed by atoms with van der Waals surface area (Å²) in [5.74, 6) is -0.567. The van der Waals surface area contributed by atoms with Crippen LogP contribution in [0.2, 0.25) is 5.02 Å². The van der Waals surface area contributed by atoms with E-state index in [0.29, 0.717) is 5.82 Å². The highest BCUT2D eigenvalue weighted by atomic mass is 35.5. The van der Waals surface area contributed by atoms with E-state index in [0.717, 1.165) is 10.9 Å². The first kappa shape index (κ1) is 14.7. The van der Waals surface area contributed by atoms with Crippen LogP contribution in [0.15, 0.2) is 40.2 Å². The lowest BCUT2D eigenvalue weighted by Gasteiger charge is -2.03. The van der Waals surface area contributed by atoms with E-state index in [-0.39, 0.29) is 23.0 Å². The molecule has 8 heteroatoms. The van der Waals surface area contributed by atoms with E-state index in [2.05, 4.69) is 15.5 Å². The van der Waals surface area contributed by atoms with Gasteiger partial charge in [0.15, 0.2) is 0 Å². The molecular weight excluding hydrogens is 329 g/mol. The van der Waals surface area contributed by atoms with Gasteiger partial charge in [0.1, 0.15) is 5.82 Å². The van der Waals surface area contributed by atoms with Gasteiger partial charge in [0, 0.05) is 5.02 Å². The van der Waals surface area contributed by atoms with E-state index in [1.165, 1.54) is 23.5 Å². The fourth-order valence-electron chi connectivity index (χ4n) is 1.76. The summed E-state index contributed by atoms with van der Waals surface area (Å²) >= 11 is 7.12. The summed E-state index contributed by atoms with van der Waals surface area (Å²) in [6.45, 7) is 0.0132. The Morgan fingerprint density at radius 3 is 3.00 bits per heavy atom. The molecule has 0 saturated heterocycles. The highest BCUT2D eigenvalue weighted by molar-refractivity contribution is 7.13. The molecule has 2 aromatic heterocycles. The minimum absolute atomic E-state index is 0.0132. The molecule has 3 aromatic rings. The Bertz CT molecular complexity index is 804. The molecule has 0 saturated carbocycles. The van der Waals surface area contributed by atoms with Crippen LogP contribution in [0.25, 0.3) is 10.7 Å². The fraction of sp³-hybridized carbons (Fsp3) is 0.0714. The number of aromatic nitrogens is 2. The van der Waals surface area contributed by atoms with Crippen LogP contribution < -0.4 is 5.32 Å². The van der Waals surface area contributed by atoms with Crippen molar-refractivity contribution in [2.75, 3.05) is 0 Å². The zero-order chi connectivity index (χ0) is 15.5. The normalized spacial score (nSPS) is 10.6. The molecule has 0 bridgehead atoms. The molecule has 1 aromatic carbocycles. The highest BCUT2D eigenvalue weighted by Crippen LogP contribution is 2.21. The average molecular weight is 338 g/mol. The summed E-state index contributed by atoms with van der Waals surface area (Å²) in [4.78, 5) is 16.9. The smallest absolute Gasteiger partial charge is 0.254 e. The van der Waals surface area contributed by atoms with E-state index in [1.807, 2.05) is 17.5 Å². The van der Waals surface area contributed by atoms with E-state index < -0.39 is 11.7 Å². The maximum Gasteiger partial charge on any atom is 0.254 e. The Labute approximate surface area is 133 Å². The third-order valence-corrected chi connectivity index (χ3v) is 3.89. The molecule has 0 unspecified atom stereocenters. The van der Waals surface area contributed by atoms with Gasteiger partial charge in [-0.05, 0) is 29.6 Å². The number of thiophene rings is 1. The number of hydrogen-bond acceptors (Lipinski definition) is 5. The third kappa shape index (κ3) is 3.15. The Morgan fingerprint density at radius 1 is 1.41 bits per heavy atom. The number of hydrogen-bond donors (Lipinski definition) is 1. The first-order valence-corrected chi connectivity index (χ1v) is 7.49. The van der Waals surface area contributed by atoms with Crippen LogP contribution in [-0.4, -0.2) is 16.0 Å². The SMILES string of the molecule is O=C(NCc1nc(-c2cccs2)no1)c1ccc(Cl)cc1F. The van der Waals surface area contributed by atoms with Crippen molar-refractivity contribution in [3.05, 3.63) is 58.0 Å². The van der Waals surface area contributed by atoms with Crippen molar-refractivity contribution in [3.8, 4) is 10.7 Å². The highest BCUT2D eigenvalue weighted by Gasteiger charge is 2.14. The van der Waals surface area contributed by atoms with Gasteiger partial charge in [-0.15, -0.1) is 11.3 Å². The van der Waals surface area contributed by atoms with Gasteiger partial charge in [-0.25, -0.2) is 4.39 Å². The Morgan fingerprint density at radius 2 is 2.27 bits per heavy atom. The van der Waals surface area contributed by atoms with Gasteiger partial charge in [-0.2, -0.15) is 4.98 Å². The second kappa shape index (κ2) is 6.25. The van der Waals surface area contributed by atoms with Crippen LogP contribution in [0.5, 0.6) is 0 Å². The monoisotopic (exact) mass is 337 g/mol. The molecular formula is C14H9ClFN3O2S. The number of nitrogens with zero attached hydrogens (tertiary/aromatic N) is 2. The van der Waals surface area contributed by atoms with Gasteiger partial charge in [-0.1, -0.05) is 22.8 Å². The predicted octanol–water partition coefficient (Wildman–Crippen LogP) is 3.52. The van der Waals surface area contributed by atoms with E-state index >= 15 is 0 Å². The third-order valence-electron chi connectivity index (χ3n) is 2.79.